The van der Waals surface area contributed by atoms with Crippen LogP contribution in [0.25, 0.3) is 11.5 Å². The van der Waals surface area contributed by atoms with Gasteiger partial charge in [0.25, 0.3) is 5.91 Å². The van der Waals surface area contributed by atoms with Gasteiger partial charge in [0.15, 0.2) is 17.3 Å². The van der Waals surface area contributed by atoms with Gasteiger partial charge in [-0.1, -0.05) is 6.07 Å². The number of carbonyl (C=O) groups excluding carboxylic acids is 1. The van der Waals surface area contributed by atoms with Crippen LogP contribution < -0.4 is 9.47 Å². The first kappa shape index (κ1) is 18.7. The molecule has 1 saturated heterocycles. The molecule has 1 amide bonds. The summed E-state index contributed by atoms with van der Waals surface area (Å²) in [6, 6.07) is 11.6. The molecule has 0 aliphatic carbocycles. The number of aromatic nitrogens is 2. The third-order valence-electron chi connectivity index (χ3n) is 5.59. The molecule has 1 fully saturated rings. The second kappa shape index (κ2) is 7.53. The summed E-state index contributed by atoms with van der Waals surface area (Å²) in [6.07, 6.45) is 0. The normalized spacial score (nSPS) is 16.3. The van der Waals surface area contributed by atoms with Gasteiger partial charge in [-0.15, -0.1) is 0 Å². The molecule has 156 valence electrons. The van der Waals surface area contributed by atoms with E-state index in [1.54, 1.807) is 17.8 Å². The summed E-state index contributed by atoms with van der Waals surface area (Å²) < 4.78 is 18.1. The van der Waals surface area contributed by atoms with Crippen LogP contribution >= 0.6 is 0 Å². The van der Waals surface area contributed by atoms with E-state index in [9.17, 15) is 4.79 Å². The molecular weight excluding hydrogens is 384 g/mol. The third-order valence-corrected chi connectivity index (χ3v) is 5.59. The van der Waals surface area contributed by atoms with Gasteiger partial charge in [-0.3, -0.25) is 14.4 Å². The highest BCUT2D eigenvalue weighted by molar-refractivity contribution is 5.93. The molecular formula is C22H24N4O4. The molecule has 2 aliphatic rings. The summed E-state index contributed by atoms with van der Waals surface area (Å²) in [6.45, 7) is 6.01. The monoisotopic (exact) mass is 408 g/mol. The standard InChI is InChI=1S/C22H24N4O4/c1-15-3-5-19(30-15)17-12-18(24(2)23-17)22(27)26-9-7-25(8-10-26)13-16-4-6-20-21(11-16)29-14-28-20/h3-6,11-12H,7-10,13-14H2,1-2H3. The fourth-order valence-electron chi connectivity index (χ4n) is 3.93. The number of rotatable bonds is 4. The van der Waals surface area contributed by atoms with Gasteiger partial charge in [-0.2, -0.15) is 5.10 Å². The van der Waals surface area contributed by atoms with Crippen LogP contribution in [0.3, 0.4) is 0 Å². The Kier molecular flexibility index (Phi) is 4.71. The smallest absolute Gasteiger partial charge is 0.272 e. The number of furan rings is 1. The quantitative estimate of drug-likeness (QED) is 0.661. The summed E-state index contributed by atoms with van der Waals surface area (Å²) in [5.41, 5.74) is 2.43. The highest BCUT2D eigenvalue weighted by Gasteiger charge is 2.25. The van der Waals surface area contributed by atoms with Crippen molar-refractivity contribution < 1.29 is 18.7 Å². The molecule has 2 aromatic heterocycles. The summed E-state index contributed by atoms with van der Waals surface area (Å²) in [5, 5.41) is 4.45. The lowest BCUT2D eigenvalue weighted by Crippen LogP contribution is -2.48. The molecule has 0 atom stereocenters. The van der Waals surface area contributed by atoms with Crippen molar-refractivity contribution in [1.29, 1.82) is 0 Å². The molecule has 0 bridgehead atoms. The minimum atomic E-state index is 0.00209. The van der Waals surface area contributed by atoms with Gasteiger partial charge in [0.1, 0.15) is 17.1 Å². The van der Waals surface area contributed by atoms with Crippen LogP contribution in [0.2, 0.25) is 0 Å². The predicted octanol–water partition coefficient (Wildman–Crippen LogP) is 2.68. The highest BCUT2D eigenvalue weighted by Crippen LogP contribution is 2.33. The van der Waals surface area contributed by atoms with E-state index >= 15 is 0 Å². The second-order valence-corrected chi connectivity index (χ2v) is 7.70. The lowest BCUT2D eigenvalue weighted by molar-refractivity contribution is 0.0617. The molecule has 2 aliphatic heterocycles. The number of amides is 1. The molecule has 8 heteroatoms. The van der Waals surface area contributed by atoms with E-state index < -0.39 is 0 Å². The van der Waals surface area contributed by atoms with Crippen LogP contribution in [0.1, 0.15) is 21.8 Å². The molecule has 0 saturated carbocycles. The number of piperazine rings is 1. The van der Waals surface area contributed by atoms with Crippen LogP contribution in [-0.2, 0) is 13.6 Å². The SMILES string of the molecule is Cc1ccc(-c2cc(C(=O)N3CCN(Cc4ccc5c(c4)OCO5)CC3)n(C)n2)o1. The largest absolute Gasteiger partial charge is 0.460 e. The molecule has 0 radical (unpaired) electrons. The Morgan fingerprint density at radius 1 is 1.03 bits per heavy atom. The zero-order chi connectivity index (χ0) is 20.7. The van der Waals surface area contributed by atoms with Gasteiger partial charge in [0.05, 0.1) is 0 Å². The minimum Gasteiger partial charge on any atom is -0.460 e. The molecule has 0 N–H and O–H groups in total. The van der Waals surface area contributed by atoms with E-state index in [1.807, 2.05) is 36.1 Å². The summed E-state index contributed by atoms with van der Waals surface area (Å²) >= 11 is 0. The van der Waals surface area contributed by atoms with Gasteiger partial charge in [-0.05, 0) is 36.8 Å². The number of hydrogen-bond acceptors (Lipinski definition) is 6. The molecule has 1 aromatic carbocycles. The molecule has 4 heterocycles. The average molecular weight is 408 g/mol. The van der Waals surface area contributed by atoms with Crippen LogP contribution in [-0.4, -0.2) is 58.5 Å². The van der Waals surface area contributed by atoms with Crippen molar-refractivity contribution >= 4 is 5.91 Å². The number of hydrogen-bond donors (Lipinski definition) is 0. The van der Waals surface area contributed by atoms with E-state index in [0.717, 1.165) is 36.9 Å². The second-order valence-electron chi connectivity index (χ2n) is 7.70. The lowest BCUT2D eigenvalue weighted by Gasteiger charge is -2.34. The third kappa shape index (κ3) is 3.54. The van der Waals surface area contributed by atoms with Crippen molar-refractivity contribution in [3.63, 3.8) is 0 Å². The van der Waals surface area contributed by atoms with Crippen LogP contribution in [0.5, 0.6) is 11.5 Å². The fraction of sp³-hybridized carbons (Fsp3) is 0.364. The number of aryl methyl sites for hydroxylation is 2. The topological polar surface area (TPSA) is 73.0 Å². The molecule has 3 aromatic rings. The minimum absolute atomic E-state index is 0.00209. The summed E-state index contributed by atoms with van der Waals surface area (Å²) in [4.78, 5) is 17.3. The van der Waals surface area contributed by atoms with Crippen molar-refractivity contribution in [2.75, 3.05) is 33.0 Å². The zero-order valence-electron chi connectivity index (χ0n) is 17.1. The van der Waals surface area contributed by atoms with E-state index in [-0.39, 0.29) is 12.7 Å². The molecule has 0 spiro atoms. The fourth-order valence-corrected chi connectivity index (χ4v) is 3.93. The van der Waals surface area contributed by atoms with Gasteiger partial charge in [-0.25, -0.2) is 0 Å². The first-order chi connectivity index (χ1) is 14.6. The Morgan fingerprint density at radius 2 is 1.83 bits per heavy atom. The average Bonchev–Trinajstić information content (AvgIpc) is 3.47. The number of carbonyl (C=O) groups is 1. The highest BCUT2D eigenvalue weighted by atomic mass is 16.7. The van der Waals surface area contributed by atoms with Crippen molar-refractivity contribution in [1.82, 2.24) is 19.6 Å². The van der Waals surface area contributed by atoms with E-state index in [1.165, 1.54) is 5.56 Å². The molecule has 8 nitrogen and oxygen atoms in total. The van der Waals surface area contributed by atoms with E-state index in [4.69, 9.17) is 13.9 Å². The Balaban J connectivity index is 1.21. The Hall–Kier alpha value is -3.26. The zero-order valence-corrected chi connectivity index (χ0v) is 17.1. The molecule has 0 unspecified atom stereocenters. The number of ether oxygens (including phenoxy) is 2. The first-order valence-corrected chi connectivity index (χ1v) is 10.1. The first-order valence-electron chi connectivity index (χ1n) is 10.1. The van der Waals surface area contributed by atoms with Gasteiger partial charge < -0.3 is 18.8 Å². The number of nitrogens with zero attached hydrogens (tertiary/aromatic N) is 4. The number of fused-ring (bicyclic) bond motifs is 1. The molecule has 5 rings (SSSR count). The van der Waals surface area contributed by atoms with Crippen molar-refractivity contribution in [3.05, 3.63) is 53.4 Å². The van der Waals surface area contributed by atoms with Crippen molar-refractivity contribution in [2.24, 2.45) is 7.05 Å². The molecule has 30 heavy (non-hydrogen) atoms. The maximum atomic E-state index is 13.0. The Bertz CT molecular complexity index is 1080. The van der Waals surface area contributed by atoms with Crippen molar-refractivity contribution in [3.8, 4) is 23.0 Å². The van der Waals surface area contributed by atoms with Gasteiger partial charge >= 0.3 is 0 Å². The Morgan fingerprint density at radius 3 is 2.60 bits per heavy atom. The van der Waals surface area contributed by atoms with Gasteiger partial charge in [0, 0.05) is 45.8 Å². The maximum absolute atomic E-state index is 13.0. The van der Waals surface area contributed by atoms with Gasteiger partial charge in [0.2, 0.25) is 6.79 Å². The Labute approximate surface area is 174 Å². The maximum Gasteiger partial charge on any atom is 0.272 e. The van der Waals surface area contributed by atoms with Crippen molar-refractivity contribution in [2.45, 2.75) is 13.5 Å². The lowest BCUT2D eigenvalue weighted by atomic mass is 10.1. The summed E-state index contributed by atoms with van der Waals surface area (Å²) in [7, 11) is 1.79. The number of benzene rings is 1. The van der Waals surface area contributed by atoms with Crippen LogP contribution in [0.4, 0.5) is 0 Å². The van der Waals surface area contributed by atoms with Crippen LogP contribution in [0.15, 0.2) is 40.8 Å². The van der Waals surface area contributed by atoms with E-state index in [2.05, 4.69) is 16.1 Å². The predicted molar refractivity (Wildman–Crippen MR) is 109 cm³/mol. The van der Waals surface area contributed by atoms with Crippen LogP contribution in [0, 0.1) is 6.92 Å². The summed E-state index contributed by atoms with van der Waals surface area (Å²) in [5.74, 6) is 3.11. The van der Waals surface area contributed by atoms with E-state index in [0.29, 0.717) is 30.2 Å².